The zero-order valence-corrected chi connectivity index (χ0v) is 13.0. The van der Waals surface area contributed by atoms with Crippen LogP contribution in [0.15, 0.2) is 18.2 Å². The van der Waals surface area contributed by atoms with E-state index in [4.69, 9.17) is 10.7 Å². The first-order valence-electron chi connectivity index (χ1n) is 7.05. The van der Waals surface area contributed by atoms with E-state index in [1.807, 2.05) is 0 Å². The topological polar surface area (TPSA) is 64.1 Å². The van der Waals surface area contributed by atoms with E-state index < -0.39 is 0 Å². The van der Waals surface area contributed by atoms with Gasteiger partial charge < -0.3 is 15.4 Å². The van der Waals surface area contributed by atoms with Gasteiger partial charge in [-0.1, -0.05) is 13.0 Å². The molecule has 0 aliphatic rings. The summed E-state index contributed by atoms with van der Waals surface area (Å²) in [6.45, 7) is 2.78. The van der Waals surface area contributed by atoms with Gasteiger partial charge in [-0.25, -0.2) is 4.98 Å². The molecule has 0 radical (unpaired) electrons. The van der Waals surface area contributed by atoms with E-state index >= 15 is 0 Å². The maximum atomic E-state index is 9.29. The zero-order valence-electron chi connectivity index (χ0n) is 12.2. The molecule has 1 heterocycles. The maximum Gasteiger partial charge on any atom is 0.126 e. The van der Waals surface area contributed by atoms with Crippen LogP contribution in [-0.2, 0) is 13.0 Å². The molecule has 0 aliphatic carbocycles. The largest absolute Gasteiger partial charge is 0.395 e. The van der Waals surface area contributed by atoms with Gasteiger partial charge in [-0.15, -0.1) is 0 Å². The summed E-state index contributed by atoms with van der Waals surface area (Å²) in [5.41, 5.74) is 9.58. The minimum atomic E-state index is -0.0773. The third kappa shape index (κ3) is 3.16. The highest BCUT2D eigenvalue weighted by atomic mass is 32.2. The van der Waals surface area contributed by atoms with Crippen LogP contribution in [0.25, 0.3) is 11.0 Å². The minimum Gasteiger partial charge on any atom is -0.395 e. The van der Waals surface area contributed by atoms with Crippen molar-refractivity contribution >= 4 is 22.8 Å². The Labute approximate surface area is 124 Å². The van der Waals surface area contributed by atoms with E-state index in [-0.39, 0.29) is 12.6 Å². The number of aryl methyl sites for hydroxylation is 1. The number of benzene rings is 1. The summed E-state index contributed by atoms with van der Waals surface area (Å²) in [7, 11) is 0. The van der Waals surface area contributed by atoms with Crippen LogP contribution >= 0.6 is 11.8 Å². The lowest BCUT2D eigenvalue weighted by molar-refractivity contribution is 0.275. The van der Waals surface area contributed by atoms with Crippen LogP contribution in [0.4, 0.5) is 0 Å². The summed E-state index contributed by atoms with van der Waals surface area (Å²) in [5.74, 6) is 1.90. The second-order valence-electron chi connectivity index (χ2n) is 4.91. The van der Waals surface area contributed by atoms with Crippen LogP contribution in [-0.4, -0.2) is 33.3 Å². The molecule has 1 unspecified atom stereocenters. The smallest absolute Gasteiger partial charge is 0.126 e. The van der Waals surface area contributed by atoms with E-state index in [2.05, 4.69) is 35.9 Å². The first kappa shape index (κ1) is 15.4. The molecule has 0 fully saturated rings. The number of rotatable bonds is 7. The van der Waals surface area contributed by atoms with Gasteiger partial charge >= 0.3 is 0 Å². The van der Waals surface area contributed by atoms with E-state index in [1.54, 1.807) is 11.8 Å². The number of thioether (sulfide) groups is 1. The molecule has 0 amide bonds. The highest BCUT2D eigenvalue weighted by Crippen LogP contribution is 2.23. The van der Waals surface area contributed by atoms with Crippen LogP contribution in [0.3, 0.4) is 0 Å². The summed E-state index contributed by atoms with van der Waals surface area (Å²) in [4.78, 5) is 4.71. The highest BCUT2D eigenvalue weighted by molar-refractivity contribution is 7.98. The fourth-order valence-electron chi connectivity index (χ4n) is 2.41. The maximum absolute atomic E-state index is 9.29. The minimum absolute atomic E-state index is 0.0773. The second-order valence-corrected chi connectivity index (χ2v) is 5.90. The SMILES string of the molecule is CCc1ccc2c(c1)nc(C(N)CCSC)n2CCO. The zero-order chi connectivity index (χ0) is 14.5. The Kier molecular flexibility index (Phi) is 5.46. The average Bonchev–Trinajstić information content (AvgIpc) is 2.83. The molecule has 0 saturated heterocycles. The van der Waals surface area contributed by atoms with E-state index in [0.717, 1.165) is 35.5 Å². The third-order valence-corrected chi connectivity index (χ3v) is 4.18. The number of hydrogen-bond donors (Lipinski definition) is 2. The van der Waals surface area contributed by atoms with Crippen LogP contribution in [0.1, 0.15) is 30.8 Å². The highest BCUT2D eigenvalue weighted by Gasteiger charge is 2.16. The molecule has 2 aromatic rings. The molecule has 1 aromatic heterocycles. The van der Waals surface area contributed by atoms with Gasteiger partial charge in [0, 0.05) is 6.54 Å². The van der Waals surface area contributed by atoms with Crippen LogP contribution in [0.5, 0.6) is 0 Å². The fourth-order valence-corrected chi connectivity index (χ4v) is 2.90. The Hall–Kier alpha value is -1.04. The van der Waals surface area contributed by atoms with Gasteiger partial charge in [0.15, 0.2) is 0 Å². The molecule has 110 valence electrons. The van der Waals surface area contributed by atoms with Gasteiger partial charge in [-0.05, 0) is 42.5 Å². The predicted molar refractivity (Wildman–Crippen MR) is 86.1 cm³/mol. The number of fused-ring (bicyclic) bond motifs is 1. The number of aliphatic hydroxyl groups excluding tert-OH is 1. The molecule has 20 heavy (non-hydrogen) atoms. The van der Waals surface area contributed by atoms with Gasteiger partial charge in [-0.3, -0.25) is 0 Å². The first-order valence-corrected chi connectivity index (χ1v) is 8.45. The van der Waals surface area contributed by atoms with E-state index in [9.17, 15) is 5.11 Å². The Bertz CT molecular complexity index is 567. The molecule has 0 saturated carbocycles. The van der Waals surface area contributed by atoms with Gasteiger partial charge in [0.05, 0.1) is 23.7 Å². The molecule has 1 atom stereocenters. The molecular formula is C15H23N3OS. The van der Waals surface area contributed by atoms with Gasteiger partial charge in [0.25, 0.3) is 0 Å². The average molecular weight is 293 g/mol. The Morgan fingerprint density at radius 3 is 2.90 bits per heavy atom. The normalized spacial score (nSPS) is 13.0. The fraction of sp³-hybridized carbons (Fsp3) is 0.533. The number of nitrogens with two attached hydrogens (primary N) is 1. The molecule has 5 heteroatoms. The molecule has 0 bridgehead atoms. The Morgan fingerprint density at radius 2 is 2.25 bits per heavy atom. The van der Waals surface area contributed by atoms with Crippen molar-refractivity contribution in [3.8, 4) is 0 Å². The molecule has 2 rings (SSSR count). The van der Waals surface area contributed by atoms with Crippen LogP contribution in [0.2, 0.25) is 0 Å². The Morgan fingerprint density at radius 1 is 1.45 bits per heavy atom. The molecular weight excluding hydrogens is 270 g/mol. The lowest BCUT2D eigenvalue weighted by atomic mass is 10.1. The van der Waals surface area contributed by atoms with Crippen LogP contribution < -0.4 is 5.73 Å². The molecule has 3 N–H and O–H groups in total. The van der Waals surface area contributed by atoms with Crippen molar-refractivity contribution in [1.82, 2.24) is 9.55 Å². The number of hydrogen-bond acceptors (Lipinski definition) is 4. The number of aromatic nitrogens is 2. The molecule has 4 nitrogen and oxygen atoms in total. The summed E-state index contributed by atoms with van der Waals surface area (Å²) >= 11 is 1.79. The quantitative estimate of drug-likeness (QED) is 0.822. The van der Waals surface area contributed by atoms with Crippen molar-refractivity contribution < 1.29 is 5.11 Å². The summed E-state index contributed by atoms with van der Waals surface area (Å²) in [5, 5.41) is 9.29. The van der Waals surface area contributed by atoms with Gasteiger partial charge in [-0.2, -0.15) is 11.8 Å². The van der Waals surface area contributed by atoms with Crippen molar-refractivity contribution in [3.05, 3.63) is 29.6 Å². The third-order valence-electron chi connectivity index (χ3n) is 3.54. The standard InChI is InChI=1S/C15H23N3OS/c1-3-11-4-5-14-13(10-11)17-15(18(14)7-8-19)12(16)6-9-20-2/h4-5,10,12,19H,3,6-9,16H2,1-2H3. The van der Waals surface area contributed by atoms with Crippen molar-refractivity contribution in [1.29, 1.82) is 0 Å². The second kappa shape index (κ2) is 7.11. The molecule has 0 aliphatic heterocycles. The lowest BCUT2D eigenvalue weighted by Crippen LogP contribution is -2.18. The van der Waals surface area contributed by atoms with Gasteiger partial charge in [0.2, 0.25) is 0 Å². The van der Waals surface area contributed by atoms with Crippen molar-refractivity contribution in [2.75, 3.05) is 18.6 Å². The molecule has 0 spiro atoms. The van der Waals surface area contributed by atoms with E-state index in [1.165, 1.54) is 5.56 Å². The lowest BCUT2D eigenvalue weighted by Gasteiger charge is -2.13. The summed E-state index contributed by atoms with van der Waals surface area (Å²) in [6, 6.07) is 6.25. The predicted octanol–water partition coefficient (Wildman–Crippen LogP) is 2.34. The number of imidazole rings is 1. The Balaban J connectivity index is 2.43. The monoisotopic (exact) mass is 293 g/mol. The summed E-state index contributed by atoms with van der Waals surface area (Å²) < 4.78 is 2.06. The number of nitrogens with zero attached hydrogens (tertiary/aromatic N) is 2. The van der Waals surface area contributed by atoms with Crippen molar-refractivity contribution in [2.45, 2.75) is 32.4 Å². The van der Waals surface area contributed by atoms with E-state index in [0.29, 0.717) is 6.54 Å². The van der Waals surface area contributed by atoms with Gasteiger partial charge in [0.1, 0.15) is 5.82 Å². The van der Waals surface area contributed by atoms with Crippen molar-refractivity contribution in [2.24, 2.45) is 5.73 Å². The number of aliphatic hydroxyl groups is 1. The van der Waals surface area contributed by atoms with Crippen molar-refractivity contribution in [3.63, 3.8) is 0 Å². The first-order chi connectivity index (χ1) is 9.71. The summed E-state index contributed by atoms with van der Waals surface area (Å²) in [6.07, 6.45) is 3.98. The van der Waals surface area contributed by atoms with Crippen LogP contribution in [0, 0.1) is 0 Å². The molecule has 1 aromatic carbocycles.